The van der Waals surface area contributed by atoms with Crippen molar-refractivity contribution >= 4 is 39.2 Å². The van der Waals surface area contributed by atoms with Gasteiger partial charge in [-0.2, -0.15) is 0 Å². The lowest BCUT2D eigenvalue weighted by molar-refractivity contribution is -0.167. The first-order valence-corrected chi connectivity index (χ1v) is 7.19. The summed E-state index contributed by atoms with van der Waals surface area (Å²) >= 11 is 4.57. The number of ether oxygens (including phenoxy) is 1. The van der Waals surface area contributed by atoms with E-state index in [0.29, 0.717) is 4.88 Å². The van der Waals surface area contributed by atoms with Crippen LogP contribution in [0.2, 0.25) is 0 Å². The normalized spacial score (nSPS) is 14.8. The van der Waals surface area contributed by atoms with Gasteiger partial charge >= 0.3 is 11.9 Å². The maximum Gasteiger partial charge on any atom is 0.322 e. The number of halogens is 1. The summed E-state index contributed by atoms with van der Waals surface area (Å²) in [6.07, 6.45) is 0. The number of thiophene rings is 1. The average Bonchev–Trinajstić information content (AvgIpc) is 2.61. The zero-order valence-electron chi connectivity index (χ0n) is 10.8. The van der Waals surface area contributed by atoms with Crippen molar-refractivity contribution in [2.45, 2.75) is 32.4 Å². The zero-order chi connectivity index (χ0) is 14.8. The van der Waals surface area contributed by atoms with E-state index in [2.05, 4.69) is 15.9 Å². The standard InChI is InChI=1S/C12H16BrNO4S/c1-12(2,3)18-11(17)8(10(15)16)9(14)6-4-5-7(13)19-6/h4-5,8-9H,14H2,1-3H3,(H,15,16). The first-order chi connectivity index (χ1) is 8.61. The van der Waals surface area contributed by atoms with Crippen molar-refractivity contribution in [2.75, 3.05) is 0 Å². The summed E-state index contributed by atoms with van der Waals surface area (Å²) in [6.45, 7) is 5.03. The van der Waals surface area contributed by atoms with E-state index < -0.39 is 29.5 Å². The molecule has 0 radical (unpaired) electrons. The third-order valence-corrected chi connectivity index (χ3v) is 3.93. The van der Waals surface area contributed by atoms with Crippen LogP contribution in [0.5, 0.6) is 0 Å². The Morgan fingerprint density at radius 1 is 1.42 bits per heavy atom. The zero-order valence-corrected chi connectivity index (χ0v) is 13.2. The van der Waals surface area contributed by atoms with Crippen molar-refractivity contribution in [1.82, 2.24) is 0 Å². The number of rotatable bonds is 4. The fourth-order valence-corrected chi connectivity index (χ4v) is 2.90. The number of carbonyl (C=O) groups is 2. The van der Waals surface area contributed by atoms with Gasteiger partial charge in [0.25, 0.3) is 0 Å². The fourth-order valence-electron chi connectivity index (χ4n) is 1.44. The number of carboxylic acid groups (broad SMARTS) is 1. The van der Waals surface area contributed by atoms with E-state index >= 15 is 0 Å². The Labute approximate surface area is 123 Å². The van der Waals surface area contributed by atoms with E-state index in [1.165, 1.54) is 11.3 Å². The average molecular weight is 350 g/mol. The van der Waals surface area contributed by atoms with Gasteiger partial charge in [0.05, 0.1) is 9.83 Å². The lowest BCUT2D eigenvalue weighted by atomic mass is 9.99. The second-order valence-electron chi connectivity index (χ2n) is 5.02. The van der Waals surface area contributed by atoms with Crippen molar-refractivity contribution in [3.05, 3.63) is 20.8 Å². The number of aliphatic carboxylic acids is 1. The molecule has 1 rings (SSSR count). The molecule has 0 spiro atoms. The quantitative estimate of drug-likeness (QED) is 0.643. The Bertz CT molecular complexity index is 480. The molecule has 0 aliphatic rings. The second-order valence-corrected chi connectivity index (χ2v) is 7.51. The molecule has 5 nitrogen and oxygen atoms in total. The molecule has 0 aliphatic carbocycles. The third-order valence-electron chi connectivity index (χ3n) is 2.21. The van der Waals surface area contributed by atoms with E-state index in [-0.39, 0.29) is 0 Å². The minimum absolute atomic E-state index is 0.616. The number of carboxylic acids is 1. The SMILES string of the molecule is CC(C)(C)OC(=O)C(C(=O)O)C(N)c1ccc(Br)s1. The Kier molecular flexibility index (Phi) is 5.11. The first-order valence-electron chi connectivity index (χ1n) is 5.58. The molecule has 1 aromatic heterocycles. The lowest BCUT2D eigenvalue weighted by Gasteiger charge is -2.24. The highest BCUT2D eigenvalue weighted by Crippen LogP contribution is 2.31. The highest BCUT2D eigenvalue weighted by molar-refractivity contribution is 9.11. The summed E-state index contributed by atoms with van der Waals surface area (Å²) in [4.78, 5) is 23.8. The molecule has 19 heavy (non-hydrogen) atoms. The molecule has 0 aromatic carbocycles. The molecule has 7 heteroatoms. The van der Waals surface area contributed by atoms with Gasteiger partial charge in [0.15, 0.2) is 5.92 Å². The van der Waals surface area contributed by atoms with Crippen molar-refractivity contribution < 1.29 is 19.4 Å². The number of hydrogen-bond donors (Lipinski definition) is 2. The van der Waals surface area contributed by atoms with Crippen LogP contribution in [0.4, 0.5) is 0 Å². The van der Waals surface area contributed by atoms with Gasteiger partial charge in [-0.15, -0.1) is 11.3 Å². The molecule has 1 heterocycles. The molecule has 2 atom stereocenters. The second kappa shape index (κ2) is 6.02. The summed E-state index contributed by atoms with van der Waals surface area (Å²) in [5, 5.41) is 9.19. The molecule has 106 valence electrons. The molecular weight excluding hydrogens is 334 g/mol. The van der Waals surface area contributed by atoms with Crippen LogP contribution in [0.15, 0.2) is 15.9 Å². The molecule has 0 fully saturated rings. The van der Waals surface area contributed by atoms with E-state index in [1.807, 2.05) is 0 Å². The summed E-state index contributed by atoms with van der Waals surface area (Å²) in [5.74, 6) is -3.52. The van der Waals surface area contributed by atoms with Gasteiger partial charge in [-0.05, 0) is 48.8 Å². The Morgan fingerprint density at radius 3 is 2.37 bits per heavy atom. The molecular formula is C12H16BrNO4S. The van der Waals surface area contributed by atoms with Gasteiger partial charge in [0.1, 0.15) is 5.60 Å². The van der Waals surface area contributed by atoms with Crippen LogP contribution < -0.4 is 5.73 Å². The van der Waals surface area contributed by atoms with E-state index in [0.717, 1.165) is 3.79 Å². The van der Waals surface area contributed by atoms with Crippen LogP contribution in [0, 0.1) is 5.92 Å². The minimum Gasteiger partial charge on any atom is -0.481 e. The summed E-state index contributed by atoms with van der Waals surface area (Å²) in [5.41, 5.74) is 5.13. The molecule has 3 N–H and O–H groups in total. The third kappa shape index (κ3) is 4.59. The van der Waals surface area contributed by atoms with E-state index in [9.17, 15) is 14.7 Å². The molecule has 0 saturated carbocycles. The van der Waals surface area contributed by atoms with E-state index in [1.54, 1.807) is 32.9 Å². The van der Waals surface area contributed by atoms with Crippen molar-refractivity contribution in [3.63, 3.8) is 0 Å². The smallest absolute Gasteiger partial charge is 0.322 e. The van der Waals surface area contributed by atoms with Crippen molar-refractivity contribution in [3.8, 4) is 0 Å². The van der Waals surface area contributed by atoms with Gasteiger partial charge < -0.3 is 15.6 Å². The number of esters is 1. The maximum absolute atomic E-state index is 11.9. The van der Waals surface area contributed by atoms with Gasteiger partial charge in [0.2, 0.25) is 0 Å². The molecule has 0 bridgehead atoms. The van der Waals surface area contributed by atoms with Crippen LogP contribution in [-0.4, -0.2) is 22.6 Å². The topological polar surface area (TPSA) is 89.6 Å². The first kappa shape index (κ1) is 16.1. The van der Waals surface area contributed by atoms with Crippen LogP contribution >= 0.6 is 27.3 Å². The van der Waals surface area contributed by atoms with Crippen molar-refractivity contribution in [1.29, 1.82) is 0 Å². The van der Waals surface area contributed by atoms with Crippen LogP contribution in [0.3, 0.4) is 0 Å². The van der Waals surface area contributed by atoms with Crippen LogP contribution in [0.1, 0.15) is 31.7 Å². The molecule has 1 aromatic rings. The summed E-state index contributed by atoms with van der Waals surface area (Å²) in [7, 11) is 0. The maximum atomic E-state index is 11.9. The monoisotopic (exact) mass is 349 g/mol. The number of carbonyl (C=O) groups excluding carboxylic acids is 1. The molecule has 2 unspecified atom stereocenters. The molecule has 0 amide bonds. The Morgan fingerprint density at radius 2 is 2.00 bits per heavy atom. The largest absolute Gasteiger partial charge is 0.481 e. The minimum atomic E-state index is -1.41. The van der Waals surface area contributed by atoms with E-state index in [4.69, 9.17) is 10.5 Å². The van der Waals surface area contributed by atoms with Crippen LogP contribution in [0.25, 0.3) is 0 Å². The van der Waals surface area contributed by atoms with Crippen LogP contribution in [-0.2, 0) is 14.3 Å². The highest BCUT2D eigenvalue weighted by Gasteiger charge is 2.37. The number of hydrogen-bond acceptors (Lipinski definition) is 5. The molecule has 0 aliphatic heterocycles. The Hall–Kier alpha value is -0.920. The predicted octanol–water partition coefficient (Wildman–Crippen LogP) is 2.55. The Balaban J connectivity index is 2.95. The summed E-state index contributed by atoms with van der Waals surface area (Å²) in [6, 6.07) is 2.52. The highest BCUT2D eigenvalue weighted by atomic mass is 79.9. The fraction of sp³-hybridized carbons (Fsp3) is 0.500. The number of nitrogens with two attached hydrogens (primary N) is 1. The molecule has 0 saturated heterocycles. The predicted molar refractivity (Wildman–Crippen MR) is 75.9 cm³/mol. The van der Waals surface area contributed by atoms with Gasteiger partial charge in [-0.3, -0.25) is 9.59 Å². The van der Waals surface area contributed by atoms with Gasteiger partial charge in [-0.1, -0.05) is 0 Å². The van der Waals surface area contributed by atoms with Crippen molar-refractivity contribution in [2.24, 2.45) is 11.7 Å². The summed E-state index contributed by atoms with van der Waals surface area (Å²) < 4.78 is 5.93. The van der Waals surface area contributed by atoms with Gasteiger partial charge in [0, 0.05) is 4.88 Å². The lowest BCUT2D eigenvalue weighted by Crippen LogP contribution is -2.38. The van der Waals surface area contributed by atoms with Gasteiger partial charge in [-0.25, -0.2) is 0 Å².